The van der Waals surface area contributed by atoms with Gasteiger partial charge in [0.1, 0.15) is 0 Å². The summed E-state index contributed by atoms with van der Waals surface area (Å²) in [6, 6.07) is 15.2. The smallest absolute Gasteiger partial charge is 0.0194 e. The van der Waals surface area contributed by atoms with Gasteiger partial charge in [0.25, 0.3) is 0 Å². The monoisotopic (exact) mass is 228 g/mol. The first-order valence-corrected chi connectivity index (χ1v) is 6.57. The van der Waals surface area contributed by atoms with Crippen LogP contribution in [0.2, 0.25) is 0 Å². The van der Waals surface area contributed by atoms with Gasteiger partial charge in [-0.15, -0.1) is 0 Å². The summed E-state index contributed by atoms with van der Waals surface area (Å²) < 4.78 is 0. The van der Waals surface area contributed by atoms with E-state index in [0.717, 1.165) is 8.58 Å². The second kappa shape index (κ2) is 4.80. The number of aryl methyl sites for hydroxylation is 2. The van der Waals surface area contributed by atoms with E-state index < -0.39 is 0 Å². The van der Waals surface area contributed by atoms with Crippen molar-refractivity contribution in [2.45, 2.75) is 20.8 Å². The summed E-state index contributed by atoms with van der Waals surface area (Å²) in [7, 11) is 0.771. The highest BCUT2D eigenvalue weighted by molar-refractivity contribution is 7.55. The lowest BCUT2D eigenvalue weighted by molar-refractivity contribution is 1.37. The molecule has 0 saturated heterocycles. The van der Waals surface area contributed by atoms with E-state index in [1.165, 1.54) is 27.3 Å². The number of rotatable bonds is 2. The Morgan fingerprint density at radius 2 is 1.31 bits per heavy atom. The van der Waals surface area contributed by atoms with E-state index in [1.54, 1.807) is 0 Å². The summed E-state index contributed by atoms with van der Waals surface area (Å²) in [6.45, 7) is 6.59. The molecule has 0 amide bonds. The molecule has 2 aromatic carbocycles. The Labute approximate surface area is 99.5 Å². The SMILES string of the molecule is Cc1ccccc1Pc1cccc(C)c1C. The highest BCUT2D eigenvalue weighted by atomic mass is 31.1. The zero-order chi connectivity index (χ0) is 11.5. The van der Waals surface area contributed by atoms with Crippen LogP contribution in [0.3, 0.4) is 0 Å². The van der Waals surface area contributed by atoms with Crippen molar-refractivity contribution in [3.63, 3.8) is 0 Å². The van der Waals surface area contributed by atoms with E-state index in [4.69, 9.17) is 0 Å². The fourth-order valence-electron chi connectivity index (χ4n) is 1.74. The molecule has 1 unspecified atom stereocenters. The summed E-state index contributed by atoms with van der Waals surface area (Å²) in [5.74, 6) is 0. The summed E-state index contributed by atoms with van der Waals surface area (Å²) in [6.07, 6.45) is 0. The molecule has 0 spiro atoms. The van der Waals surface area contributed by atoms with Gasteiger partial charge in [-0.3, -0.25) is 0 Å². The first kappa shape index (κ1) is 11.4. The van der Waals surface area contributed by atoms with Crippen LogP contribution in [-0.4, -0.2) is 0 Å². The van der Waals surface area contributed by atoms with Crippen molar-refractivity contribution in [2.75, 3.05) is 0 Å². The van der Waals surface area contributed by atoms with Crippen LogP contribution in [0.4, 0.5) is 0 Å². The van der Waals surface area contributed by atoms with Crippen molar-refractivity contribution >= 4 is 19.2 Å². The molecule has 0 heterocycles. The standard InChI is InChI=1S/C15H17P/c1-11-8-6-10-15(13(11)3)16-14-9-5-4-7-12(14)2/h4-10,16H,1-3H3. The van der Waals surface area contributed by atoms with E-state index in [2.05, 4.69) is 63.2 Å². The van der Waals surface area contributed by atoms with E-state index >= 15 is 0 Å². The molecule has 0 bridgehead atoms. The molecule has 1 heteroatoms. The van der Waals surface area contributed by atoms with Gasteiger partial charge in [0.2, 0.25) is 0 Å². The average Bonchev–Trinajstić information content (AvgIpc) is 2.28. The maximum atomic E-state index is 2.24. The van der Waals surface area contributed by atoms with Crippen molar-refractivity contribution in [3.8, 4) is 0 Å². The third-order valence-electron chi connectivity index (χ3n) is 3.02. The fraction of sp³-hybridized carbons (Fsp3) is 0.200. The molecule has 0 radical (unpaired) electrons. The Morgan fingerprint density at radius 1 is 0.688 bits per heavy atom. The second-order valence-corrected chi connectivity index (χ2v) is 5.51. The molecule has 1 atom stereocenters. The zero-order valence-electron chi connectivity index (χ0n) is 10.0. The van der Waals surface area contributed by atoms with Gasteiger partial charge < -0.3 is 0 Å². The summed E-state index contributed by atoms with van der Waals surface area (Å²) >= 11 is 0. The van der Waals surface area contributed by atoms with Crippen molar-refractivity contribution in [1.29, 1.82) is 0 Å². The topological polar surface area (TPSA) is 0 Å². The maximum absolute atomic E-state index is 2.24. The molecule has 2 rings (SSSR count). The lowest BCUT2D eigenvalue weighted by Crippen LogP contribution is -2.09. The van der Waals surface area contributed by atoms with Gasteiger partial charge in [-0.05, 0) is 48.1 Å². The van der Waals surface area contributed by atoms with Gasteiger partial charge in [-0.2, -0.15) is 0 Å². The number of hydrogen-bond acceptors (Lipinski definition) is 0. The van der Waals surface area contributed by atoms with Crippen LogP contribution in [0.1, 0.15) is 16.7 Å². The first-order chi connectivity index (χ1) is 7.68. The minimum atomic E-state index is 0.771. The zero-order valence-corrected chi connectivity index (χ0v) is 11.0. The highest BCUT2D eigenvalue weighted by Crippen LogP contribution is 2.17. The predicted octanol–water partition coefficient (Wildman–Crippen LogP) is 3.24. The summed E-state index contributed by atoms with van der Waals surface area (Å²) in [4.78, 5) is 0. The Bertz CT molecular complexity index is 501. The van der Waals surface area contributed by atoms with Crippen molar-refractivity contribution < 1.29 is 0 Å². The van der Waals surface area contributed by atoms with Crippen LogP contribution in [0.5, 0.6) is 0 Å². The summed E-state index contributed by atoms with van der Waals surface area (Å²) in [5.41, 5.74) is 4.21. The van der Waals surface area contributed by atoms with Crippen molar-refractivity contribution in [1.82, 2.24) is 0 Å². The van der Waals surface area contributed by atoms with E-state index in [1.807, 2.05) is 0 Å². The molecule has 0 aromatic heterocycles. The molecule has 2 aromatic rings. The fourth-order valence-corrected chi connectivity index (χ4v) is 3.06. The van der Waals surface area contributed by atoms with Crippen LogP contribution < -0.4 is 10.6 Å². The molecule has 0 fully saturated rings. The van der Waals surface area contributed by atoms with Crippen LogP contribution in [0, 0.1) is 20.8 Å². The minimum absolute atomic E-state index is 0.771. The largest absolute Gasteiger partial charge is 0.0620 e. The number of hydrogen-bond donors (Lipinski definition) is 0. The molecule has 0 aliphatic heterocycles. The number of benzene rings is 2. The predicted molar refractivity (Wildman–Crippen MR) is 74.7 cm³/mol. The molecule has 0 aliphatic carbocycles. The molecule has 0 saturated carbocycles. The summed E-state index contributed by atoms with van der Waals surface area (Å²) in [5, 5.41) is 2.92. The third kappa shape index (κ3) is 2.33. The average molecular weight is 228 g/mol. The van der Waals surface area contributed by atoms with E-state index in [0.29, 0.717) is 0 Å². The molecule has 0 N–H and O–H groups in total. The quantitative estimate of drug-likeness (QED) is 0.692. The van der Waals surface area contributed by atoms with Crippen molar-refractivity contribution in [3.05, 3.63) is 59.2 Å². The van der Waals surface area contributed by atoms with Crippen LogP contribution in [0.25, 0.3) is 0 Å². The molecular weight excluding hydrogens is 211 g/mol. The van der Waals surface area contributed by atoms with Gasteiger partial charge in [0.15, 0.2) is 0 Å². The van der Waals surface area contributed by atoms with Gasteiger partial charge in [0.05, 0.1) is 0 Å². The Morgan fingerprint density at radius 3 is 2.06 bits per heavy atom. The first-order valence-electron chi connectivity index (χ1n) is 5.57. The minimum Gasteiger partial charge on any atom is -0.0620 e. The molecule has 16 heavy (non-hydrogen) atoms. The van der Waals surface area contributed by atoms with Crippen LogP contribution in [0.15, 0.2) is 42.5 Å². The van der Waals surface area contributed by atoms with Gasteiger partial charge >= 0.3 is 0 Å². The Balaban J connectivity index is 2.35. The molecule has 82 valence electrons. The van der Waals surface area contributed by atoms with Crippen LogP contribution >= 0.6 is 8.58 Å². The lowest BCUT2D eigenvalue weighted by atomic mass is 10.1. The second-order valence-electron chi connectivity index (χ2n) is 4.19. The highest BCUT2D eigenvalue weighted by Gasteiger charge is 2.03. The Hall–Kier alpha value is -1.13. The van der Waals surface area contributed by atoms with Gasteiger partial charge in [-0.1, -0.05) is 51.0 Å². The van der Waals surface area contributed by atoms with Gasteiger partial charge in [0, 0.05) is 0 Å². The van der Waals surface area contributed by atoms with Crippen LogP contribution in [-0.2, 0) is 0 Å². The Kier molecular flexibility index (Phi) is 3.41. The van der Waals surface area contributed by atoms with E-state index in [-0.39, 0.29) is 0 Å². The van der Waals surface area contributed by atoms with Gasteiger partial charge in [-0.25, -0.2) is 0 Å². The van der Waals surface area contributed by atoms with Crippen molar-refractivity contribution in [2.24, 2.45) is 0 Å². The molecular formula is C15H17P. The van der Waals surface area contributed by atoms with E-state index in [9.17, 15) is 0 Å². The lowest BCUT2D eigenvalue weighted by Gasteiger charge is -2.10. The molecule has 0 aliphatic rings. The maximum Gasteiger partial charge on any atom is -0.0194 e. The molecule has 0 nitrogen and oxygen atoms in total. The third-order valence-corrected chi connectivity index (χ3v) is 4.66. The normalized spacial score (nSPS) is 11.2.